The van der Waals surface area contributed by atoms with Gasteiger partial charge in [0.2, 0.25) is 5.78 Å². The Balaban J connectivity index is 2.48. The first-order valence-corrected chi connectivity index (χ1v) is 5.16. The number of imidazole rings is 1. The van der Waals surface area contributed by atoms with Crippen molar-refractivity contribution in [1.29, 1.82) is 0 Å². The van der Waals surface area contributed by atoms with Gasteiger partial charge in [-0.3, -0.25) is 9.59 Å². The van der Waals surface area contributed by atoms with Crippen LogP contribution < -0.4 is 10.5 Å². The van der Waals surface area contributed by atoms with E-state index in [9.17, 15) is 9.59 Å². The number of ketones is 1. The number of carbonyl (C=O) groups excluding carboxylic acids is 2. The van der Waals surface area contributed by atoms with Gasteiger partial charge in [0.1, 0.15) is 17.1 Å². The van der Waals surface area contributed by atoms with E-state index in [1.54, 1.807) is 24.3 Å². The number of nitrogens with two attached hydrogens (primary N) is 1. The zero-order valence-corrected chi connectivity index (χ0v) is 9.64. The zero-order valence-electron chi connectivity index (χ0n) is 9.64. The molecule has 0 saturated carbocycles. The normalized spacial score (nSPS) is 10.1. The Morgan fingerprint density at radius 3 is 2.72 bits per heavy atom. The number of hydrogen-bond acceptors (Lipinski definition) is 4. The lowest BCUT2D eigenvalue weighted by Gasteiger charge is -2.06. The van der Waals surface area contributed by atoms with E-state index in [1.165, 1.54) is 13.4 Å². The summed E-state index contributed by atoms with van der Waals surface area (Å²) in [6.45, 7) is 0. The predicted molar refractivity (Wildman–Crippen MR) is 63.5 cm³/mol. The van der Waals surface area contributed by atoms with Gasteiger partial charge in [-0.25, -0.2) is 4.98 Å². The number of nitrogens with zero attached hydrogens (tertiary/aromatic N) is 1. The van der Waals surface area contributed by atoms with Crippen molar-refractivity contribution in [3.63, 3.8) is 0 Å². The number of rotatable bonds is 4. The molecular weight excluding hydrogens is 234 g/mol. The molecule has 3 N–H and O–H groups in total. The van der Waals surface area contributed by atoms with Gasteiger partial charge < -0.3 is 15.5 Å². The quantitative estimate of drug-likeness (QED) is 0.776. The third-order valence-electron chi connectivity index (χ3n) is 2.45. The fourth-order valence-electron chi connectivity index (χ4n) is 1.61. The van der Waals surface area contributed by atoms with Gasteiger partial charge in [-0.2, -0.15) is 0 Å². The van der Waals surface area contributed by atoms with Gasteiger partial charge in [0.15, 0.2) is 0 Å². The van der Waals surface area contributed by atoms with Crippen LogP contribution in [-0.2, 0) is 0 Å². The third-order valence-corrected chi connectivity index (χ3v) is 2.45. The smallest absolute Gasteiger partial charge is 0.267 e. The maximum absolute atomic E-state index is 12.2. The SMILES string of the molecule is COc1ccccc1C(=O)c1nc[nH]c1C(N)=O. The number of amides is 1. The molecular formula is C12H11N3O3. The Hall–Kier alpha value is -2.63. The van der Waals surface area contributed by atoms with Crippen LogP contribution in [0.1, 0.15) is 26.5 Å². The molecule has 6 nitrogen and oxygen atoms in total. The minimum atomic E-state index is -0.731. The van der Waals surface area contributed by atoms with Crippen LogP contribution in [-0.4, -0.2) is 28.8 Å². The zero-order chi connectivity index (χ0) is 13.1. The number of para-hydroxylation sites is 1. The van der Waals surface area contributed by atoms with Gasteiger partial charge in [-0.15, -0.1) is 0 Å². The topological polar surface area (TPSA) is 98.1 Å². The molecule has 1 heterocycles. The highest BCUT2D eigenvalue weighted by molar-refractivity contribution is 6.14. The number of nitrogens with one attached hydrogen (secondary N) is 1. The van der Waals surface area contributed by atoms with Crippen LogP contribution in [0.3, 0.4) is 0 Å². The molecule has 92 valence electrons. The Morgan fingerprint density at radius 1 is 1.33 bits per heavy atom. The maximum atomic E-state index is 12.2. The van der Waals surface area contributed by atoms with Crippen LogP contribution >= 0.6 is 0 Å². The average Bonchev–Trinajstić information content (AvgIpc) is 2.87. The summed E-state index contributed by atoms with van der Waals surface area (Å²) >= 11 is 0. The molecule has 0 spiro atoms. The maximum Gasteiger partial charge on any atom is 0.267 e. The molecule has 1 amide bonds. The molecule has 0 aliphatic rings. The van der Waals surface area contributed by atoms with Crippen molar-refractivity contribution in [3.05, 3.63) is 47.5 Å². The summed E-state index contributed by atoms with van der Waals surface area (Å²) in [6, 6.07) is 6.70. The number of aromatic amines is 1. The van der Waals surface area contributed by atoms with Crippen molar-refractivity contribution in [2.75, 3.05) is 7.11 Å². The summed E-state index contributed by atoms with van der Waals surface area (Å²) in [5, 5.41) is 0. The molecule has 18 heavy (non-hydrogen) atoms. The van der Waals surface area contributed by atoms with Gasteiger partial charge in [0, 0.05) is 0 Å². The second-order valence-electron chi connectivity index (χ2n) is 3.52. The number of methoxy groups -OCH3 is 1. The number of benzene rings is 1. The summed E-state index contributed by atoms with van der Waals surface area (Å²) < 4.78 is 5.09. The Labute approximate surface area is 103 Å². The highest BCUT2D eigenvalue weighted by Gasteiger charge is 2.22. The average molecular weight is 245 g/mol. The molecule has 0 saturated heterocycles. The highest BCUT2D eigenvalue weighted by Crippen LogP contribution is 2.21. The van der Waals surface area contributed by atoms with Crippen molar-refractivity contribution < 1.29 is 14.3 Å². The predicted octanol–water partition coefficient (Wildman–Crippen LogP) is 0.748. The summed E-state index contributed by atoms with van der Waals surface area (Å²) in [4.78, 5) is 29.8. The lowest BCUT2D eigenvalue weighted by atomic mass is 10.1. The summed E-state index contributed by atoms with van der Waals surface area (Å²) in [5.74, 6) is -0.728. The third kappa shape index (κ3) is 1.95. The Morgan fingerprint density at radius 2 is 2.06 bits per heavy atom. The summed E-state index contributed by atoms with van der Waals surface area (Å²) in [5.41, 5.74) is 5.46. The van der Waals surface area contributed by atoms with Gasteiger partial charge in [-0.05, 0) is 12.1 Å². The first kappa shape index (κ1) is 11.8. The number of carbonyl (C=O) groups is 2. The fraction of sp³-hybridized carbons (Fsp3) is 0.0833. The molecule has 0 unspecified atom stereocenters. The molecule has 0 aliphatic carbocycles. The number of aromatic nitrogens is 2. The molecule has 0 bridgehead atoms. The van der Waals surface area contributed by atoms with Crippen molar-refractivity contribution in [2.45, 2.75) is 0 Å². The fourth-order valence-corrected chi connectivity index (χ4v) is 1.61. The number of H-pyrrole nitrogens is 1. The van der Waals surface area contributed by atoms with E-state index in [1.807, 2.05) is 0 Å². The van der Waals surface area contributed by atoms with Crippen LogP contribution in [0.4, 0.5) is 0 Å². The molecule has 1 aromatic heterocycles. The monoisotopic (exact) mass is 245 g/mol. The molecule has 2 aromatic rings. The molecule has 2 rings (SSSR count). The minimum Gasteiger partial charge on any atom is -0.496 e. The van der Waals surface area contributed by atoms with Gasteiger partial charge >= 0.3 is 0 Å². The summed E-state index contributed by atoms with van der Waals surface area (Å²) in [6.07, 6.45) is 1.25. The highest BCUT2D eigenvalue weighted by atomic mass is 16.5. The van der Waals surface area contributed by atoms with Crippen molar-refractivity contribution in [2.24, 2.45) is 5.73 Å². The lowest BCUT2D eigenvalue weighted by molar-refractivity contribution is 0.0975. The van der Waals surface area contributed by atoms with Crippen LogP contribution in [0.5, 0.6) is 5.75 Å². The molecule has 0 atom stereocenters. The van der Waals surface area contributed by atoms with Crippen LogP contribution in [0.25, 0.3) is 0 Å². The van der Waals surface area contributed by atoms with Crippen LogP contribution in [0.15, 0.2) is 30.6 Å². The van der Waals surface area contributed by atoms with Gasteiger partial charge in [0.25, 0.3) is 5.91 Å². The van der Waals surface area contributed by atoms with E-state index in [4.69, 9.17) is 10.5 Å². The second-order valence-corrected chi connectivity index (χ2v) is 3.52. The Kier molecular flexibility index (Phi) is 3.09. The van der Waals surface area contributed by atoms with Gasteiger partial charge in [0.05, 0.1) is 19.0 Å². The second kappa shape index (κ2) is 4.70. The van der Waals surface area contributed by atoms with Crippen molar-refractivity contribution in [3.8, 4) is 5.75 Å². The van der Waals surface area contributed by atoms with Crippen LogP contribution in [0, 0.1) is 0 Å². The molecule has 0 aliphatic heterocycles. The van der Waals surface area contributed by atoms with Gasteiger partial charge in [-0.1, -0.05) is 12.1 Å². The van der Waals surface area contributed by atoms with Crippen LogP contribution in [0.2, 0.25) is 0 Å². The van der Waals surface area contributed by atoms with E-state index in [-0.39, 0.29) is 11.4 Å². The van der Waals surface area contributed by atoms with E-state index in [0.29, 0.717) is 11.3 Å². The molecule has 1 aromatic carbocycles. The first-order valence-electron chi connectivity index (χ1n) is 5.16. The number of primary amides is 1. The van der Waals surface area contributed by atoms with E-state index < -0.39 is 11.7 Å². The van der Waals surface area contributed by atoms with E-state index in [2.05, 4.69) is 9.97 Å². The number of hydrogen-bond donors (Lipinski definition) is 2. The molecule has 0 radical (unpaired) electrons. The van der Waals surface area contributed by atoms with Crippen molar-refractivity contribution in [1.82, 2.24) is 9.97 Å². The van der Waals surface area contributed by atoms with E-state index >= 15 is 0 Å². The largest absolute Gasteiger partial charge is 0.496 e. The van der Waals surface area contributed by atoms with E-state index in [0.717, 1.165) is 0 Å². The first-order chi connectivity index (χ1) is 8.65. The lowest BCUT2D eigenvalue weighted by Crippen LogP contribution is -2.17. The Bertz CT molecular complexity index is 604. The summed E-state index contributed by atoms with van der Waals surface area (Å²) in [7, 11) is 1.46. The minimum absolute atomic E-state index is 0.00741. The standard InChI is InChI=1S/C12H11N3O3/c1-18-8-5-3-2-4-7(8)11(16)9-10(12(13)17)15-6-14-9/h2-6H,1H3,(H2,13,17)(H,14,15). The molecule has 6 heteroatoms. The molecule has 0 fully saturated rings. The number of ether oxygens (including phenoxy) is 1. The van der Waals surface area contributed by atoms with Crippen molar-refractivity contribution >= 4 is 11.7 Å².